The topological polar surface area (TPSA) is 89.9 Å². The molecule has 0 aliphatic rings. The lowest BCUT2D eigenvalue weighted by atomic mass is 10.4. The van der Waals surface area contributed by atoms with Crippen LogP contribution in [0.5, 0.6) is 0 Å². The van der Waals surface area contributed by atoms with E-state index >= 15 is 0 Å². The van der Waals surface area contributed by atoms with Crippen LogP contribution in [0.4, 0.5) is 5.95 Å². The van der Waals surface area contributed by atoms with Crippen LogP contribution in [0.15, 0.2) is 10.6 Å². The number of nitrogens with two attached hydrogens (primary N) is 1. The summed E-state index contributed by atoms with van der Waals surface area (Å²) >= 11 is 0. The van der Waals surface area contributed by atoms with E-state index < -0.39 is 0 Å². The standard InChI is InChI=1S/C9H13N5O/c1-5(10)3-11-9-12-4-7-8(14-9)15-6(2)13-7/h4-5H,3,10H2,1-2H3,(H,11,12,14). The van der Waals surface area contributed by atoms with Crippen molar-refractivity contribution in [1.29, 1.82) is 0 Å². The Hall–Kier alpha value is -1.69. The van der Waals surface area contributed by atoms with Crippen LogP contribution in [0.25, 0.3) is 11.2 Å². The monoisotopic (exact) mass is 207 g/mol. The van der Waals surface area contributed by atoms with Crippen LogP contribution in [0, 0.1) is 6.92 Å². The first kappa shape index (κ1) is 9.85. The number of aromatic nitrogens is 3. The molecule has 2 aromatic heterocycles. The van der Waals surface area contributed by atoms with Gasteiger partial charge in [0.15, 0.2) is 5.89 Å². The molecule has 1 unspecified atom stereocenters. The number of rotatable bonds is 3. The molecule has 0 fully saturated rings. The Kier molecular flexibility index (Phi) is 2.51. The molecule has 6 heteroatoms. The van der Waals surface area contributed by atoms with E-state index in [9.17, 15) is 0 Å². The van der Waals surface area contributed by atoms with Crippen molar-refractivity contribution < 1.29 is 4.42 Å². The van der Waals surface area contributed by atoms with E-state index in [1.807, 2.05) is 6.92 Å². The number of nitrogens with zero attached hydrogens (tertiary/aromatic N) is 3. The average molecular weight is 207 g/mol. The molecule has 2 heterocycles. The van der Waals surface area contributed by atoms with Gasteiger partial charge in [0.1, 0.15) is 5.52 Å². The van der Waals surface area contributed by atoms with Crippen LogP contribution < -0.4 is 11.1 Å². The van der Waals surface area contributed by atoms with E-state index in [0.29, 0.717) is 29.6 Å². The van der Waals surface area contributed by atoms with Gasteiger partial charge in [-0.25, -0.2) is 9.97 Å². The minimum Gasteiger partial charge on any atom is -0.422 e. The number of aryl methyl sites for hydroxylation is 1. The molecule has 0 radical (unpaired) electrons. The molecule has 0 saturated carbocycles. The number of oxazole rings is 1. The molecule has 0 amide bonds. The van der Waals surface area contributed by atoms with Gasteiger partial charge in [0.2, 0.25) is 5.95 Å². The fourth-order valence-corrected chi connectivity index (χ4v) is 1.18. The van der Waals surface area contributed by atoms with Gasteiger partial charge >= 0.3 is 0 Å². The number of anilines is 1. The van der Waals surface area contributed by atoms with E-state index in [1.54, 1.807) is 13.1 Å². The molecule has 1 atom stereocenters. The molecule has 0 aliphatic heterocycles. The minimum absolute atomic E-state index is 0.0563. The zero-order valence-corrected chi connectivity index (χ0v) is 8.69. The summed E-state index contributed by atoms with van der Waals surface area (Å²) in [5.41, 5.74) is 6.76. The average Bonchev–Trinajstić information content (AvgIpc) is 2.53. The van der Waals surface area contributed by atoms with Crippen molar-refractivity contribution in [2.75, 3.05) is 11.9 Å². The molecule has 0 spiro atoms. The molecule has 3 N–H and O–H groups in total. The summed E-state index contributed by atoms with van der Waals surface area (Å²) in [7, 11) is 0. The summed E-state index contributed by atoms with van der Waals surface area (Å²) < 4.78 is 5.28. The SMILES string of the molecule is Cc1nc2cnc(NCC(C)N)nc2o1. The number of hydrogen-bond donors (Lipinski definition) is 2. The van der Waals surface area contributed by atoms with Crippen LogP contribution in [0.3, 0.4) is 0 Å². The lowest BCUT2D eigenvalue weighted by molar-refractivity contribution is 0.551. The summed E-state index contributed by atoms with van der Waals surface area (Å²) in [5, 5.41) is 3.01. The molecule has 0 saturated heterocycles. The fraction of sp³-hybridized carbons (Fsp3) is 0.444. The van der Waals surface area contributed by atoms with Gasteiger partial charge in [0.05, 0.1) is 6.20 Å². The molecule has 6 nitrogen and oxygen atoms in total. The molecular formula is C9H13N5O. The number of fused-ring (bicyclic) bond motifs is 1. The van der Waals surface area contributed by atoms with Crippen LogP contribution >= 0.6 is 0 Å². The summed E-state index contributed by atoms with van der Waals surface area (Å²) in [5.74, 6) is 1.10. The predicted octanol–water partition coefficient (Wildman–Crippen LogP) is 0.685. The van der Waals surface area contributed by atoms with Gasteiger partial charge in [-0.15, -0.1) is 0 Å². The highest BCUT2D eigenvalue weighted by atomic mass is 16.4. The van der Waals surface area contributed by atoms with Gasteiger partial charge in [-0.1, -0.05) is 0 Å². The highest BCUT2D eigenvalue weighted by Gasteiger charge is 2.05. The Morgan fingerprint density at radius 2 is 2.33 bits per heavy atom. The van der Waals surface area contributed by atoms with Crippen LogP contribution in [-0.4, -0.2) is 27.5 Å². The lowest BCUT2D eigenvalue weighted by Crippen LogP contribution is -2.25. The van der Waals surface area contributed by atoms with Gasteiger partial charge < -0.3 is 15.5 Å². The third-order valence-electron chi connectivity index (χ3n) is 1.84. The quantitative estimate of drug-likeness (QED) is 0.769. The van der Waals surface area contributed by atoms with Gasteiger partial charge in [0.25, 0.3) is 5.71 Å². The van der Waals surface area contributed by atoms with Crippen molar-refractivity contribution >= 4 is 17.2 Å². The summed E-state index contributed by atoms with van der Waals surface area (Å²) in [6.45, 7) is 4.31. The Morgan fingerprint density at radius 3 is 3.07 bits per heavy atom. The van der Waals surface area contributed by atoms with Crippen molar-refractivity contribution in [1.82, 2.24) is 15.0 Å². The first-order chi connectivity index (χ1) is 7.15. The molecule has 0 aliphatic carbocycles. The van der Waals surface area contributed by atoms with E-state index in [0.717, 1.165) is 0 Å². The third-order valence-corrected chi connectivity index (χ3v) is 1.84. The zero-order chi connectivity index (χ0) is 10.8. The molecule has 15 heavy (non-hydrogen) atoms. The Bertz CT molecular complexity index is 464. The molecule has 2 rings (SSSR count). The maximum atomic E-state index is 5.60. The van der Waals surface area contributed by atoms with E-state index in [1.165, 1.54) is 0 Å². The van der Waals surface area contributed by atoms with Crippen molar-refractivity contribution in [2.45, 2.75) is 19.9 Å². The molecule has 80 valence electrons. The number of hydrogen-bond acceptors (Lipinski definition) is 6. The van der Waals surface area contributed by atoms with Crippen LogP contribution in [0.2, 0.25) is 0 Å². The van der Waals surface area contributed by atoms with Gasteiger partial charge in [-0.2, -0.15) is 4.98 Å². The van der Waals surface area contributed by atoms with E-state index in [2.05, 4.69) is 20.3 Å². The molecule has 0 aromatic carbocycles. The first-order valence-electron chi connectivity index (χ1n) is 4.75. The number of nitrogens with one attached hydrogen (secondary N) is 1. The van der Waals surface area contributed by atoms with Gasteiger partial charge in [0, 0.05) is 19.5 Å². The second-order valence-corrected chi connectivity index (χ2v) is 3.48. The lowest BCUT2D eigenvalue weighted by Gasteiger charge is -2.05. The Labute approximate surface area is 86.9 Å². The Morgan fingerprint density at radius 1 is 1.53 bits per heavy atom. The second kappa shape index (κ2) is 3.82. The first-order valence-corrected chi connectivity index (χ1v) is 4.75. The largest absolute Gasteiger partial charge is 0.422 e. The highest BCUT2D eigenvalue weighted by Crippen LogP contribution is 2.12. The van der Waals surface area contributed by atoms with Crippen molar-refractivity contribution in [3.05, 3.63) is 12.1 Å². The van der Waals surface area contributed by atoms with Crippen molar-refractivity contribution in [3.8, 4) is 0 Å². The third kappa shape index (κ3) is 2.21. The summed E-state index contributed by atoms with van der Waals surface area (Å²) in [6, 6.07) is 0.0563. The smallest absolute Gasteiger partial charge is 0.251 e. The molecule has 0 bridgehead atoms. The van der Waals surface area contributed by atoms with Crippen LogP contribution in [-0.2, 0) is 0 Å². The maximum absolute atomic E-state index is 5.60. The van der Waals surface area contributed by atoms with Crippen LogP contribution in [0.1, 0.15) is 12.8 Å². The zero-order valence-electron chi connectivity index (χ0n) is 8.69. The van der Waals surface area contributed by atoms with E-state index in [4.69, 9.17) is 10.2 Å². The minimum atomic E-state index is 0.0563. The normalized spacial score (nSPS) is 13.0. The predicted molar refractivity (Wildman–Crippen MR) is 56.5 cm³/mol. The second-order valence-electron chi connectivity index (χ2n) is 3.48. The van der Waals surface area contributed by atoms with Gasteiger partial charge in [-0.3, -0.25) is 0 Å². The molecule has 2 aromatic rings. The Balaban J connectivity index is 2.22. The molecular weight excluding hydrogens is 194 g/mol. The summed E-state index contributed by atoms with van der Waals surface area (Å²) in [6.07, 6.45) is 1.63. The van der Waals surface area contributed by atoms with Gasteiger partial charge in [-0.05, 0) is 6.92 Å². The maximum Gasteiger partial charge on any atom is 0.251 e. The van der Waals surface area contributed by atoms with Crippen molar-refractivity contribution in [2.24, 2.45) is 5.73 Å². The summed E-state index contributed by atoms with van der Waals surface area (Å²) in [4.78, 5) is 12.4. The highest BCUT2D eigenvalue weighted by molar-refractivity contribution is 5.67. The fourth-order valence-electron chi connectivity index (χ4n) is 1.18. The van der Waals surface area contributed by atoms with Crippen molar-refractivity contribution in [3.63, 3.8) is 0 Å². The van der Waals surface area contributed by atoms with E-state index in [-0.39, 0.29) is 6.04 Å².